The lowest BCUT2D eigenvalue weighted by atomic mass is 10.2. The van der Waals surface area contributed by atoms with Crippen molar-refractivity contribution in [1.82, 2.24) is 4.98 Å². The average molecular weight is 390 g/mol. The van der Waals surface area contributed by atoms with Crippen LogP contribution in [0.1, 0.15) is 17.0 Å². The Bertz CT molecular complexity index is 979. The summed E-state index contributed by atoms with van der Waals surface area (Å²) >= 11 is 0. The number of ether oxygens (including phenoxy) is 1. The number of anilines is 1. The van der Waals surface area contributed by atoms with E-state index in [0.29, 0.717) is 28.7 Å². The van der Waals surface area contributed by atoms with Gasteiger partial charge in [-0.05, 0) is 43.3 Å². The van der Waals surface area contributed by atoms with Gasteiger partial charge in [0.15, 0.2) is 0 Å². The zero-order valence-corrected chi connectivity index (χ0v) is 15.1. The van der Waals surface area contributed by atoms with E-state index in [4.69, 9.17) is 9.15 Å². The highest BCUT2D eigenvalue weighted by atomic mass is 19.4. The van der Waals surface area contributed by atoms with E-state index in [0.717, 1.165) is 12.1 Å². The van der Waals surface area contributed by atoms with Gasteiger partial charge in [-0.3, -0.25) is 4.79 Å². The molecular weight excluding hydrogens is 373 g/mol. The molecule has 0 aliphatic heterocycles. The number of nitrogens with zero attached hydrogens (tertiary/aromatic N) is 1. The maximum absolute atomic E-state index is 12.6. The minimum absolute atomic E-state index is 0.0779. The molecule has 0 saturated carbocycles. The van der Waals surface area contributed by atoms with Gasteiger partial charge in [-0.15, -0.1) is 0 Å². The van der Waals surface area contributed by atoms with E-state index in [1.807, 2.05) is 12.1 Å². The van der Waals surface area contributed by atoms with Gasteiger partial charge < -0.3 is 14.5 Å². The SMILES string of the molecule is COc1ccccc1-c1nc(CC(=O)Nc2ccc(C(F)(F)F)cc2)c(C)o1. The predicted molar refractivity (Wildman–Crippen MR) is 97.0 cm³/mol. The number of hydrogen-bond acceptors (Lipinski definition) is 4. The van der Waals surface area contributed by atoms with E-state index < -0.39 is 17.6 Å². The average Bonchev–Trinajstić information content (AvgIpc) is 3.01. The largest absolute Gasteiger partial charge is 0.496 e. The Morgan fingerprint density at radius 1 is 1.14 bits per heavy atom. The van der Waals surface area contributed by atoms with E-state index in [1.165, 1.54) is 19.2 Å². The summed E-state index contributed by atoms with van der Waals surface area (Å²) < 4.78 is 48.7. The molecule has 0 radical (unpaired) electrons. The number of carbonyl (C=O) groups is 1. The highest BCUT2D eigenvalue weighted by molar-refractivity contribution is 5.92. The molecule has 0 unspecified atom stereocenters. The molecule has 0 aliphatic carbocycles. The molecule has 0 spiro atoms. The number of hydrogen-bond donors (Lipinski definition) is 1. The predicted octanol–water partition coefficient (Wildman–Crippen LogP) is 4.86. The van der Waals surface area contributed by atoms with Gasteiger partial charge in [-0.2, -0.15) is 13.2 Å². The fourth-order valence-electron chi connectivity index (χ4n) is 2.63. The van der Waals surface area contributed by atoms with Gasteiger partial charge in [0.05, 0.1) is 30.4 Å². The van der Waals surface area contributed by atoms with Crippen LogP contribution in [-0.2, 0) is 17.4 Å². The second kappa shape index (κ2) is 7.75. The lowest BCUT2D eigenvalue weighted by molar-refractivity contribution is -0.137. The van der Waals surface area contributed by atoms with Gasteiger partial charge in [0.1, 0.15) is 11.5 Å². The number of carbonyl (C=O) groups excluding carboxylic acids is 1. The summed E-state index contributed by atoms with van der Waals surface area (Å²) in [7, 11) is 1.53. The van der Waals surface area contributed by atoms with E-state index in [9.17, 15) is 18.0 Å². The maximum atomic E-state index is 12.6. The van der Waals surface area contributed by atoms with E-state index >= 15 is 0 Å². The summed E-state index contributed by atoms with van der Waals surface area (Å²) in [6.45, 7) is 1.69. The van der Waals surface area contributed by atoms with Crippen molar-refractivity contribution in [2.45, 2.75) is 19.5 Å². The number of nitrogens with one attached hydrogen (secondary N) is 1. The number of aromatic nitrogens is 1. The molecule has 5 nitrogen and oxygen atoms in total. The van der Waals surface area contributed by atoms with Gasteiger partial charge in [0.2, 0.25) is 11.8 Å². The fraction of sp³-hybridized carbons (Fsp3) is 0.200. The molecule has 0 saturated heterocycles. The Hall–Kier alpha value is -3.29. The van der Waals surface area contributed by atoms with Crippen LogP contribution in [-0.4, -0.2) is 18.0 Å². The molecule has 0 aliphatic rings. The van der Waals surface area contributed by atoms with Crippen LogP contribution in [0, 0.1) is 6.92 Å². The van der Waals surface area contributed by atoms with Crippen LogP contribution < -0.4 is 10.1 Å². The molecular formula is C20H17F3N2O3. The van der Waals surface area contributed by atoms with Crippen molar-refractivity contribution in [3.63, 3.8) is 0 Å². The van der Waals surface area contributed by atoms with Gasteiger partial charge in [-0.25, -0.2) is 4.98 Å². The van der Waals surface area contributed by atoms with Crippen molar-refractivity contribution in [2.75, 3.05) is 12.4 Å². The molecule has 28 heavy (non-hydrogen) atoms. The first-order valence-corrected chi connectivity index (χ1v) is 8.34. The van der Waals surface area contributed by atoms with Gasteiger partial charge in [0.25, 0.3) is 0 Å². The number of para-hydroxylation sites is 1. The lowest BCUT2D eigenvalue weighted by Gasteiger charge is -2.08. The Kier molecular flexibility index (Phi) is 5.39. The summed E-state index contributed by atoms with van der Waals surface area (Å²) in [6.07, 6.45) is -4.50. The van der Waals surface area contributed by atoms with Crippen LogP contribution in [0.5, 0.6) is 5.75 Å². The number of amides is 1. The third-order valence-electron chi connectivity index (χ3n) is 4.05. The third-order valence-corrected chi connectivity index (χ3v) is 4.05. The first-order valence-electron chi connectivity index (χ1n) is 8.34. The van der Waals surface area contributed by atoms with E-state index in [1.54, 1.807) is 19.1 Å². The van der Waals surface area contributed by atoms with Crippen LogP contribution in [0.4, 0.5) is 18.9 Å². The topological polar surface area (TPSA) is 64.4 Å². The number of rotatable bonds is 5. The number of halogens is 3. The fourth-order valence-corrected chi connectivity index (χ4v) is 2.63. The molecule has 1 heterocycles. The number of methoxy groups -OCH3 is 1. The van der Waals surface area contributed by atoms with Crippen molar-refractivity contribution in [1.29, 1.82) is 0 Å². The van der Waals surface area contributed by atoms with Crippen LogP contribution in [0.25, 0.3) is 11.5 Å². The zero-order valence-electron chi connectivity index (χ0n) is 15.1. The Morgan fingerprint density at radius 2 is 1.82 bits per heavy atom. The summed E-state index contributed by atoms with van der Waals surface area (Å²) in [5, 5.41) is 2.56. The van der Waals surface area contributed by atoms with Crippen molar-refractivity contribution in [3.8, 4) is 17.2 Å². The molecule has 1 aromatic heterocycles. The van der Waals surface area contributed by atoms with Gasteiger partial charge in [-0.1, -0.05) is 12.1 Å². The molecule has 3 aromatic rings. The normalized spacial score (nSPS) is 11.3. The van der Waals surface area contributed by atoms with Crippen LogP contribution >= 0.6 is 0 Å². The maximum Gasteiger partial charge on any atom is 0.416 e. The number of benzene rings is 2. The molecule has 0 atom stereocenters. The molecule has 1 N–H and O–H groups in total. The monoisotopic (exact) mass is 390 g/mol. The Labute approximate surface area is 159 Å². The molecule has 0 bridgehead atoms. The quantitative estimate of drug-likeness (QED) is 0.676. The zero-order chi connectivity index (χ0) is 20.3. The molecule has 8 heteroatoms. The lowest BCUT2D eigenvalue weighted by Crippen LogP contribution is -2.15. The van der Waals surface area contributed by atoms with Crippen LogP contribution in [0.2, 0.25) is 0 Å². The highest BCUT2D eigenvalue weighted by Gasteiger charge is 2.30. The summed E-state index contributed by atoms with van der Waals surface area (Å²) in [5.74, 6) is 0.975. The molecule has 146 valence electrons. The standard InChI is InChI=1S/C20H17F3N2O3/c1-12-16(25-19(28-12)15-5-3-4-6-17(15)27-2)11-18(26)24-14-9-7-13(8-10-14)20(21,22)23/h3-10H,11H2,1-2H3,(H,24,26). The van der Waals surface area contributed by atoms with Crippen LogP contribution in [0.3, 0.4) is 0 Å². The molecule has 3 rings (SSSR count). The van der Waals surface area contributed by atoms with E-state index in [2.05, 4.69) is 10.3 Å². The number of alkyl halides is 3. The third kappa shape index (κ3) is 4.33. The smallest absolute Gasteiger partial charge is 0.416 e. The van der Waals surface area contributed by atoms with Crippen molar-refractivity contribution < 1.29 is 27.1 Å². The Morgan fingerprint density at radius 3 is 2.46 bits per heavy atom. The van der Waals surface area contributed by atoms with Gasteiger partial charge in [0, 0.05) is 5.69 Å². The van der Waals surface area contributed by atoms with Crippen molar-refractivity contribution >= 4 is 11.6 Å². The minimum Gasteiger partial charge on any atom is -0.496 e. The minimum atomic E-state index is -4.42. The highest BCUT2D eigenvalue weighted by Crippen LogP contribution is 2.31. The van der Waals surface area contributed by atoms with E-state index in [-0.39, 0.29) is 12.1 Å². The number of oxazole rings is 1. The summed E-state index contributed by atoms with van der Waals surface area (Å²) in [6, 6.07) is 11.4. The number of aryl methyl sites for hydroxylation is 1. The van der Waals surface area contributed by atoms with Crippen molar-refractivity contribution in [2.24, 2.45) is 0 Å². The molecule has 1 amide bonds. The molecule has 0 fully saturated rings. The first-order chi connectivity index (χ1) is 13.3. The summed E-state index contributed by atoms with van der Waals surface area (Å²) in [5.41, 5.74) is 0.580. The second-order valence-corrected chi connectivity index (χ2v) is 6.02. The molecule has 2 aromatic carbocycles. The van der Waals surface area contributed by atoms with Crippen LogP contribution in [0.15, 0.2) is 52.9 Å². The van der Waals surface area contributed by atoms with Gasteiger partial charge >= 0.3 is 6.18 Å². The second-order valence-electron chi connectivity index (χ2n) is 6.02. The van der Waals surface area contributed by atoms with Crippen molar-refractivity contribution in [3.05, 3.63) is 65.5 Å². The summed E-state index contributed by atoms with van der Waals surface area (Å²) in [4.78, 5) is 16.6. The first kappa shape index (κ1) is 19.5. The Balaban J connectivity index is 1.72.